The topological polar surface area (TPSA) is 72.8 Å². The predicted octanol–water partition coefficient (Wildman–Crippen LogP) is 5.47. The summed E-state index contributed by atoms with van der Waals surface area (Å²) in [6.07, 6.45) is -8.41. The fourth-order valence-electron chi connectivity index (χ4n) is 2.37. The highest BCUT2D eigenvalue weighted by Gasteiger charge is 2.36. The first-order valence-corrected chi connectivity index (χ1v) is 8.03. The number of carbonyl (C=O) groups excluding carboxylic acids is 1. The molecule has 30 heavy (non-hydrogen) atoms. The predicted molar refractivity (Wildman–Crippen MR) is 91.2 cm³/mol. The number of carboxylic acid groups (broad SMARTS) is 1. The van der Waals surface area contributed by atoms with Crippen LogP contribution in [0.5, 0.6) is 11.5 Å². The zero-order valence-electron chi connectivity index (χ0n) is 14.8. The molecule has 0 heterocycles. The van der Waals surface area contributed by atoms with E-state index < -0.39 is 36.0 Å². The van der Waals surface area contributed by atoms with Crippen LogP contribution in [0.4, 0.5) is 26.3 Å². The Kier molecular flexibility index (Phi) is 6.75. The lowest BCUT2D eigenvalue weighted by molar-refractivity contribution is -0.287. The summed E-state index contributed by atoms with van der Waals surface area (Å²) in [5.41, 5.74) is -0.293. The largest absolute Gasteiger partial charge is 0.573 e. The summed E-state index contributed by atoms with van der Waals surface area (Å²) in [6, 6.07) is 7.75. The van der Waals surface area contributed by atoms with E-state index in [-0.39, 0.29) is 23.1 Å². The highest BCUT2D eigenvalue weighted by atomic mass is 19.4. The molecule has 0 saturated carbocycles. The summed E-state index contributed by atoms with van der Waals surface area (Å²) < 4.78 is 81.5. The van der Waals surface area contributed by atoms with Gasteiger partial charge >= 0.3 is 18.7 Å². The summed E-state index contributed by atoms with van der Waals surface area (Å²) in [5, 5.41) is 9.08. The lowest BCUT2D eigenvalue weighted by Crippen LogP contribution is -2.21. The van der Waals surface area contributed by atoms with Crippen LogP contribution in [-0.4, -0.2) is 29.6 Å². The van der Waals surface area contributed by atoms with E-state index in [2.05, 4.69) is 9.47 Å². The number of Topliss-reactive ketones (excluding diaryl/α,β-unsaturated/α-hetero) is 1. The number of carboxylic acids is 1. The monoisotopic (exact) mass is 434 g/mol. The molecular formula is C19H12F6O5. The number of aromatic carboxylic acids is 1. The van der Waals surface area contributed by atoms with Crippen molar-refractivity contribution in [3.8, 4) is 11.5 Å². The summed E-state index contributed by atoms with van der Waals surface area (Å²) in [5.74, 6) is -4.29. The van der Waals surface area contributed by atoms with E-state index in [4.69, 9.17) is 5.11 Å². The van der Waals surface area contributed by atoms with Gasteiger partial charge in [0, 0.05) is 12.0 Å². The SMILES string of the molecule is O=C(O)c1ccccc1C(=O)C/C=C/c1ccc(OC(F)(F)F)c(OC(F)(F)F)c1. The minimum Gasteiger partial charge on any atom is -0.478 e. The van der Waals surface area contributed by atoms with Crippen LogP contribution in [0.15, 0.2) is 48.5 Å². The molecule has 0 aliphatic heterocycles. The van der Waals surface area contributed by atoms with Crippen LogP contribution in [0, 0.1) is 0 Å². The Labute approximate surface area is 165 Å². The third-order valence-corrected chi connectivity index (χ3v) is 3.49. The van der Waals surface area contributed by atoms with Gasteiger partial charge in [-0.25, -0.2) is 4.79 Å². The average Bonchev–Trinajstić information content (AvgIpc) is 2.61. The van der Waals surface area contributed by atoms with E-state index >= 15 is 0 Å². The van der Waals surface area contributed by atoms with Crippen LogP contribution in [-0.2, 0) is 0 Å². The summed E-state index contributed by atoms with van der Waals surface area (Å²) in [6.45, 7) is 0. The lowest BCUT2D eigenvalue weighted by atomic mass is 10.0. The number of benzene rings is 2. The molecule has 0 aliphatic rings. The molecule has 2 aromatic rings. The molecule has 5 nitrogen and oxygen atoms in total. The summed E-state index contributed by atoms with van der Waals surface area (Å²) in [4.78, 5) is 23.3. The van der Waals surface area contributed by atoms with Gasteiger partial charge in [0.1, 0.15) is 0 Å². The van der Waals surface area contributed by atoms with Crippen molar-refractivity contribution in [1.29, 1.82) is 0 Å². The third kappa shape index (κ3) is 6.83. The number of hydrogen-bond donors (Lipinski definition) is 1. The van der Waals surface area contributed by atoms with Crippen molar-refractivity contribution in [1.82, 2.24) is 0 Å². The van der Waals surface area contributed by atoms with Crippen molar-refractivity contribution >= 4 is 17.8 Å². The van der Waals surface area contributed by atoms with Gasteiger partial charge < -0.3 is 14.6 Å². The van der Waals surface area contributed by atoms with Gasteiger partial charge in [-0.2, -0.15) is 0 Å². The number of allylic oxidation sites excluding steroid dienone is 1. The van der Waals surface area contributed by atoms with E-state index in [9.17, 15) is 35.9 Å². The second kappa shape index (κ2) is 8.89. The molecule has 160 valence electrons. The molecule has 0 saturated heterocycles. The quantitative estimate of drug-likeness (QED) is 0.462. The Balaban J connectivity index is 2.21. The summed E-state index contributed by atoms with van der Waals surface area (Å²) in [7, 11) is 0. The van der Waals surface area contributed by atoms with Crippen LogP contribution >= 0.6 is 0 Å². The van der Waals surface area contributed by atoms with Gasteiger partial charge in [-0.3, -0.25) is 4.79 Å². The van der Waals surface area contributed by atoms with Gasteiger partial charge in [-0.1, -0.05) is 36.4 Å². The van der Waals surface area contributed by atoms with Crippen molar-refractivity contribution in [2.75, 3.05) is 0 Å². The van der Waals surface area contributed by atoms with Crippen LogP contribution in [0.3, 0.4) is 0 Å². The molecule has 0 fully saturated rings. The molecule has 0 aromatic heterocycles. The number of alkyl halides is 6. The summed E-state index contributed by atoms with van der Waals surface area (Å²) >= 11 is 0. The first-order valence-electron chi connectivity index (χ1n) is 8.03. The number of hydrogen-bond acceptors (Lipinski definition) is 4. The number of halogens is 6. The number of rotatable bonds is 7. The molecule has 2 aromatic carbocycles. The molecule has 0 aliphatic carbocycles. The van der Waals surface area contributed by atoms with Gasteiger partial charge in [0.15, 0.2) is 17.3 Å². The van der Waals surface area contributed by atoms with E-state index in [1.165, 1.54) is 36.4 Å². The first kappa shape index (κ1) is 22.8. The van der Waals surface area contributed by atoms with Crippen molar-refractivity contribution in [3.63, 3.8) is 0 Å². The van der Waals surface area contributed by atoms with Gasteiger partial charge in [0.05, 0.1) is 5.56 Å². The first-order chi connectivity index (χ1) is 13.9. The molecule has 0 atom stereocenters. The molecule has 0 spiro atoms. The van der Waals surface area contributed by atoms with Gasteiger partial charge in [0.25, 0.3) is 0 Å². The second-order valence-corrected chi connectivity index (χ2v) is 5.68. The van der Waals surface area contributed by atoms with Crippen LogP contribution in [0.25, 0.3) is 6.08 Å². The zero-order valence-corrected chi connectivity index (χ0v) is 14.8. The average molecular weight is 434 g/mol. The zero-order chi connectivity index (χ0) is 22.5. The van der Waals surface area contributed by atoms with Crippen LogP contribution in [0.2, 0.25) is 0 Å². The van der Waals surface area contributed by atoms with Crippen molar-refractivity contribution < 1.29 is 50.5 Å². The lowest BCUT2D eigenvalue weighted by Gasteiger charge is -2.15. The minimum atomic E-state index is -5.26. The van der Waals surface area contributed by atoms with Crippen LogP contribution < -0.4 is 9.47 Å². The van der Waals surface area contributed by atoms with Crippen molar-refractivity contribution in [2.45, 2.75) is 19.1 Å². The van der Waals surface area contributed by atoms with Gasteiger partial charge in [-0.05, 0) is 23.8 Å². The van der Waals surface area contributed by atoms with Crippen LogP contribution in [0.1, 0.15) is 32.7 Å². The Morgan fingerprint density at radius 2 is 1.43 bits per heavy atom. The molecule has 2 rings (SSSR count). The molecular weight excluding hydrogens is 422 g/mol. The van der Waals surface area contributed by atoms with Crippen molar-refractivity contribution in [2.24, 2.45) is 0 Å². The van der Waals surface area contributed by atoms with Crippen molar-refractivity contribution in [3.05, 3.63) is 65.2 Å². The molecule has 0 radical (unpaired) electrons. The Bertz CT molecular complexity index is 963. The Hall–Kier alpha value is -3.50. The van der Waals surface area contributed by atoms with E-state index in [1.807, 2.05) is 0 Å². The number of ether oxygens (including phenoxy) is 2. The standard InChI is InChI=1S/C19H12F6O5/c20-18(21,22)29-15-9-8-11(10-16(15)30-19(23,24)25)4-3-7-14(26)12-5-1-2-6-13(12)17(27)28/h1-6,8-10H,7H2,(H,27,28)/b4-3+. The van der Waals surface area contributed by atoms with Gasteiger partial charge in [-0.15, -0.1) is 26.3 Å². The maximum atomic E-state index is 12.5. The van der Waals surface area contributed by atoms with Gasteiger partial charge in [0.2, 0.25) is 0 Å². The molecule has 0 bridgehead atoms. The number of ketones is 1. The minimum absolute atomic E-state index is 0.0110. The highest BCUT2D eigenvalue weighted by molar-refractivity contribution is 6.06. The fourth-order valence-corrected chi connectivity index (χ4v) is 2.37. The third-order valence-electron chi connectivity index (χ3n) is 3.49. The smallest absolute Gasteiger partial charge is 0.478 e. The molecule has 1 N–H and O–H groups in total. The molecule has 0 amide bonds. The second-order valence-electron chi connectivity index (χ2n) is 5.68. The maximum absolute atomic E-state index is 12.5. The van der Waals surface area contributed by atoms with E-state index in [0.29, 0.717) is 12.1 Å². The Morgan fingerprint density at radius 1 is 0.867 bits per heavy atom. The number of carbonyl (C=O) groups is 2. The van der Waals surface area contributed by atoms with E-state index in [0.717, 1.165) is 6.07 Å². The maximum Gasteiger partial charge on any atom is 0.573 e. The Morgan fingerprint density at radius 3 is 2.00 bits per heavy atom. The normalized spacial score (nSPS) is 12.1. The van der Waals surface area contributed by atoms with E-state index in [1.54, 1.807) is 0 Å². The molecule has 11 heteroatoms. The molecule has 0 unspecified atom stereocenters. The highest BCUT2D eigenvalue weighted by Crippen LogP contribution is 2.36. The fraction of sp³-hybridized carbons (Fsp3) is 0.158.